The highest BCUT2D eigenvalue weighted by Gasteiger charge is 2.63. The van der Waals surface area contributed by atoms with E-state index in [0.717, 1.165) is 19.6 Å². The van der Waals surface area contributed by atoms with Gasteiger partial charge in [-0.1, -0.05) is 0 Å². The molecule has 0 radical (unpaired) electrons. The van der Waals surface area contributed by atoms with Gasteiger partial charge >= 0.3 is 36.2 Å². The molecule has 22 heteroatoms. The van der Waals surface area contributed by atoms with Crippen LogP contribution in [0.4, 0.5) is 28.8 Å². The van der Waals surface area contributed by atoms with Crippen LogP contribution in [-0.4, -0.2) is 249 Å². The van der Waals surface area contributed by atoms with E-state index in [1.165, 1.54) is 35.1 Å². The van der Waals surface area contributed by atoms with Crippen LogP contribution in [0.2, 0.25) is 0 Å². The molecule has 0 aromatic heterocycles. The van der Waals surface area contributed by atoms with Crippen molar-refractivity contribution >= 4 is 36.2 Å². The fourth-order valence-corrected chi connectivity index (χ4v) is 6.85. The molecule has 6 fully saturated rings. The molecule has 0 bridgehead atoms. The Bertz CT molecular complexity index is 1300. The molecule has 6 aliphatic rings. The number of rotatable bonds is 0. The Balaban J connectivity index is 0.000000183. The van der Waals surface area contributed by atoms with Gasteiger partial charge in [-0.05, 0) is 13.8 Å². The van der Waals surface area contributed by atoms with E-state index in [2.05, 4.69) is 0 Å². The summed E-state index contributed by atoms with van der Waals surface area (Å²) in [6.07, 6.45) is -3.89. The summed E-state index contributed by atoms with van der Waals surface area (Å²) in [6, 6.07) is -0.984. The fraction of sp³-hybridized carbons (Fsp3) is 0.786. The zero-order valence-electron chi connectivity index (χ0n) is 31.1. The second-order valence-electron chi connectivity index (χ2n) is 13.5. The molecule has 6 heterocycles. The molecule has 6 aliphatic heterocycles. The van der Waals surface area contributed by atoms with Crippen LogP contribution in [-0.2, 0) is 0 Å². The lowest BCUT2D eigenvalue weighted by Gasteiger charge is -2.35. The highest BCUT2D eigenvalue weighted by Crippen LogP contribution is 2.40. The maximum atomic E-state index is 11.8. The minimum Gasteiger partial charge on any atom is -0.369 e. The van der Waals surface area contributed by atoms with Gasteiger partial charge in [0.15, 0.2) is 36.2 Å². The fourth-order valence-electron chi connectivity index (χ4n) is 6.85. The van der Waals surface area contributed by atoms with Crippen LogP contribution in [0.1, 0.15) is 13.8 Å². The highest BCUT2D eigenvalue weighted by atomic mass is 16.4. The van der Waals surface area contributed by atoms with Gasteiger partial charge < -0.3 is 59.6 Å². The molecule has 12 amide bonds. The number of aliphatic hydroxyl groups is 4. The van der Waals surface area contributed by atoms with Crippen molar-refractivity contribution in [2.24, 2.45) is 0 Å². The molecule has 0 saturated carbocycles. The second-order valence-corrected chi connectivity index (χ2v) is 13.5. The van der Waals surface area contributed by atoms with E-state index < -0.39 is 30.1 Å². The standard InChI is InChI=1S/C9H16N4O2.C8H14N4O2.C6H12N2O3.C5H10N2O3/c1-9-6(10(2)7(14)12(9)4)11(3)8(15)13(9)5;1-9-5-6(11(3)7(9)13)12(4)8(14)10(5)2;1-6(11)4(9)7(2)5(10)8(6)3;1-6-3(8)4(9)7(2)5(6)10/h6H,1-5H3;5-6H,1-4H3;4,9,11H,1-3H3;3-4,8-9H,1-2H3. The van der Waals surface area contributed by atoms with Gasteiger partial charge in [0.1, 0.15) is 12.3 Å². The van der Waals surface area contributed by atoms with Crippen molar-refractivity contribution in [2.45, 2.75) is 62.4 Å². The van der Waals surface area contributed by atoms with Crippen molar-refractivity contribution in [3.8, 4) is 0 Å². The minimum absolute atomic E-state index is 0.0498. The van der Waals surface area contributed by atoms with Crippen molar-refractivity contribution in [1.29, 1.82) is 0 Å². The Morgan fingerprint density at radius 3 is 0.880 bits per heavy atom. The number of likely N-dealkylation sites (N-methyl/N-ethyl adjacent to an activating group) is 12. The summed E-state index contributed by atoms with van der Waals surface area (Å²) in [4.78, 5) is 85.8. The molecule has 22 nitrogen and oxygen atoms in total. The SMILES string of the molecule is CN1C(=O)N(C)C(C)(O)C1O.CN1C(=O)N(C)C(O)C1O.CN1C(=O)N(C)C2(C)C1N(C)C(=O)N2C.CN1C(=O)N(C)C2C1N(C)C(=O)N2C. The molecule has 284 valence electrons. The van der Waals surface area contributed by atoms with E-state index >= 15 is 0 Å². The summed E-state index contributed by atoms with van der Waals surface area (Å²) in [5.74, 6) is 0. The van der Waals surface area contributed by atoms with Crippen molar-refractivity contribution in [2.75, 3.05) is 84.6 Å². The topological polar surface area (TPSA) is 222 Å². The quantitative estimate of drug-likeness (QED) is 0.203. The van der Waals surface area contributed by atoms with E-state index in [4.69, 9.17) is 10.2 Å². The first kappa shape index (κ1) is 39.9. The number of hydrogen-bond donors (Lipinski definition) is 4. The summed E-state index contributed by atoms with van der Waals surface area (Å²) in [7, 11) is 19.5. The zero-order chi connectivity index (χ0) is 38.9. The third-order valence-corrected chi connectivity index (χ3v) is 10.6. The maximum Gasteiger partial charge on any atom is 0.324 e. The van der Waals surface area contributed by atoms with Crippen LogP contribution < -0.4 is 0 Å². The van der Waals surface area contributed by atoms with Crippen LogP contribution in [0.5, 0.6) is 0 Å². The van der Waals surface area contributed by atoms with Crippen LogP contribution in [0.25, 0.3) is 0 Å². The maximum absolute atomic E-state index is 11.8. The molecule has 50 heavy (non-hydrogen) atoms. The molecule has 4 N–H and O–H groups in total. The number of aliphatic hydroxyl groups excluding tert-OH is 3. The van der Waals surface area contributed by atoms with Gasteiger partial charge in [0.2, 0.25) is 0 Å². The van der Waals surface area contributed by atoms with Gasteiger partial charge in [-0.15, -0.1) is 0 Å². The molecule has 0 aromatic carbocycles. The first-order valence-corrected chi connectivity index (χ1v) is 15.5. The van der Waals surface area contributed by atoms with E-state index in [1.54, 1.807) is 95.6 Å². The summed E-state index contributed by atoms with van der Waals surface area (Å²) in [5, 5.41) is 36.8. The van der Waals surface area contributed by atoms with Crippen molar-refractivity contribution in [3.63, 3.8) is 0 Å². The monoisotopic (exact) mass is 716 g/mol. The zero-order valence-corrected chi connectivity index (χ0v) is 31.1. The van der Waals surface area contributed by atoms with Gasteiger partial charge in [-0.2, -0.15) is 0 Å². The Morgan fingerprint density at radius 1 is 0.420 bits per heavy atom. The summed E-state index contributed by atoms with van der Waals surface area (Å²) >= 11 is 0. The summed E-state index contributed by atoms with van der Waals surface area (Å²) in [6.45, 7) is 3.29. The second kappa shape index (κ2) is 13.3. The van der Waals surface area contributed by atoms with E-state index in [9.17, 15) is 39.0 Å². The smallest absolute Gasteiger partial charge is 0.324 e. The Labute approximate surface area is 291 Å². The largest absolute Gasteiger partial charge is 0.369 e. The predicted octanol–water partition coefficient (Wildman–Crippen LogP) is -2.71. The Morgan fingerprint density at radius 2 is 0.700 bits per heavy atom. The van der Waals surface area contributed by atoms with Crippen LogP contribution in [0.15, 0.2) is 0 Å². The predicted molar refractivity (Wildman–Crippen MR) is 174 cm³/mol. The third-order valence-electron chi connectivity index (χ3n) is 10.6. The third kappa shape index (κ3) is 5.68. The molecule has 0 spiro atoms. The van der Waals surface area contributed by atoms with Crippen LogP contribution in [0.3, 0.4) is 0 Å². The first-order valence-electron chi connectivity index (χ1n) is 15.5. The molecule has 0 aliphatic carbocycles. The minimum atomic E-state index is -1.48. The molecule has 4 unspecified atom stereocenters. The lowest BCUT2D eigenvalue weighted by atomic mass is 10.1. The van der Waals surface area contributed by atoms with Crippen LogP contribution in [0, 0.1) is 0 Å². The molecular formula is C28H52N12O10. The van der Waals surface area contributed by atoms with Gasteiger partial charge in [0, 0.05) is 84.6 Å². The number of hydrogen-bond acceptors (Lipinski definition) is 10. The Hall–Kier alpha value is -4.54. The van der Waals surface area contributed by atoms with Crippen molar-refractivity contribution in [1.82, 2.24) is 58.8 Å². The highest BCUT2D eigenvalue weighted by molar-refractivity contribution is 5.86. The van der Waals surface area contributed by atoms with E-state index in [0.29, 0.717) is 0 Å². The molecule has 6 rings (SSSR count). The molecule has 0 aromatic rings. The van der Waals surface area contributed by atoms with Gasteiger partial charge in [0.05, 0.1) is 0 Å². The van der Waals surface area contributed by atoms with Gasteiger partial charge in [-0.25, -0.2) is 28.8 Å². The molecular weight excluding hydrogens is 664 g/mol. The first-order chi connectivity index (χ1) is 22.7. The number of urea groups is 6. The van der Waals surface area contributed by atoms with Crippen LogP contribution >= 0.6 is 0 Å². The molecule has 4 atom stereocenters. The summed E-state index contributed by atoms with van der Waals surface area (Å²) < 4.78 is 0. The normalized spacial score (nSPS) is 34.9. The number of fused-ring (bicyclic) bond motifs is 2. The average molecular weight is 717 g/mol. The average Bonchev–Trinajstić information content (AvgIpc) is 3.68. The number of nitrogens with zero attached hydrogens (tertiary/aromatic N) is 12. The van der Waals surface area contributed by atoms with Crippen molar-refractivity contribution in [3.05, 3.63) is 0 Å². The van der Waals surface area contributed by atoms with Gasteiger partial charge in [0.25, 0.3) is 0 Å². The van der Waals surface area contributed by atoms with Gasteiger partial charge in [-0.3, -0.25) is 19.6 Å². The van der Waals surface area contributed by atoms with Crippen molar-refractivity contribution < 1.29 is 49.2 Å². The molecule has 6 saturated heterocycles. The van der Waals surface area contributed by atoms with E-state index in [-0.39, 0.29) is 54.7 Å². The number of carbonyl (C=O) groups excluding carboxylic acids is 6. The Kier molecular flexibility index (Phi) is 10.6. The summed E-state index contributed by atoms with van der Waals surface area (Å²) in [5.41, 5.74) is -2.05. The lowest BCUT2D eigenvalue weighted by Crippen LogP contribution is -2.54. The number of carbonyl (C=O) groups is 6. The van der Waals surface area contributed by atoms with E-state index in [1.807, 2.05) is 6.92 Å². The number of amides is 12. The lowest BCUT2D eigenvalue weighted by molar-refractivity contribution is -0.134.